The van der Waals surface area contributed by atoms with Gasteiger partial charge in [0.1, 0.15) is 5.60 Å². The number of likely N-dealkylation sites (tertiary alicyclic amines) is 1. The Morgan fingerprint density at radius 1 is 1.38 bits per heavy atom. The van der Waals surface area contributed by atoms with Crippen LogP contribution < -0.4 is 5.32 Å². The molecule has 6 heteroatoms. The molecule has 1 saturated heterocycles. The molecule has 130 valence electrons. The fourth-order valence-corrected chi connectivity index (χ4v) is 3.44. The molecule has 1 aromatic carbocycles. The third-order valence-electron chi connectivity index (χ3n) is 4.48. The van der Waals surface area contributed by atoms with Crippen LogP contribution in [0.1, 0.15) is 45.1 Å². The minimum Gasteiger partial charge on any atom is -0.443 e. The summed E-state index contributed by atoms with van der Waals surface area (Å²) in [6.07, 6.45) is -1.03. The first-order valence-electron chi connectivity index (χ1n) is 8.32. The largest absolute Gasteiger partial charge is 0.443 e. The minimum absolute atomic E-state index is 0.0360. The van der Waals surface area contributed by atoms with Crippen LogP contribution in [0, 0.1) is 0 Å². The Hall–Kier alpha value is -2.08. The number of hydrogen-bond donors (Lipinski definition) is 2. The molecule has 0 radical (unpaired) electrons. The van der Waals surface area contributed by atoms with Crippen molar-refractivity contribution in [2.24, 2.45) is 0 Å². The number of imide groups is 1. The Bertz CT molecular complexity index is 653. The predicted octanol–water partition coefficient (Wildman–Crippen LogP) is 2.48. The number of anilines is 1. The van der Waals surface area contributed by atoms with Crippen LogP contribution in [0.2, 0.25) is 0 Å². The van der Waals surface area contributed by atoms with E-state index in [1.807, 2.05) is 24.3 Å². The highest BCUT2D eigenvalue weighted by Gasteiger charge is 2.45. The van der Waals surface area contributed by atoms with Crippen molar-refractivity contribution in [1.29, 1.82) is 0 Å². The van der Waals surface area contributed by atoms with Crippen molar-refractivity contribution >= 4 is 17.7 Å². The van der Waals surface area contributed by atoms with Gasteiger partial charge in [-0.25, -0.2) is 9.69 Å². The molecule has 2 amide bonds. The summed E-state index contributed by atoms with van der Waals surface area (Å²) in [6, 6.07) is 7.44. The summed E-state index contributed by atoms with van der Waals surface area (Å²) >= 11 is 0. The van der Waals surface area contributed by atoms with Crippen molar-refractivity contribution in [3.63, 3.8) is 0 Å². The molecule has 0 saturated carbocycles. The first kappa shape index (κ1) is 16.8. The molecule has 2 N–H and O–H groups in total. The van der Waals surface area contributed by atoms with Gasteiger partial charge in [-0.1, -0.05) is 18.2 Å². The van der Waals surface area contributed by atoms with E-state index in [2.05, 4.69) is 5.32 Å². The second-order valence-electron chi connectivity index (χ2n) is 7.48. The molecule has 1 unspecified atom stereocenters. The molecule has 24 heavy (non-hydrogen) atoms. The number of ether oxygens (including phenoxy) is 1. The van der Waals surface area contributed by atoms with Crippen LogP contribution >= 0.6 is 0 Å². The summed E-state index contributed by atoms with van der Waals surface area (Å²) in [6.45, 7) is 6.01. The zero-order chi connectivity index (χ0) is 17.5. The summed E-state index contributed by atoms with van der Waals surface area (Å²) in [4.78, 5) is 25.7. The lowest BCUT2D eigenvalue weighted by Gasteiger charge is -2.29. The maximum atomic E-state index is 12.4. The zero-order valence-corrected chi connectivity index (χ0v) is 14.3. The minimum atomic E-state index is -0.849. The highest BCUT2D eigenvalue weighted by Crippen LogP contribution is 2.37. The molecule has 3 atom stereocenters. The molecule has 0 aromatic heterocycles. The summed E-state index contributed by atoms with van der Waals surface area (Å²) in [5.74, 6) is -0.224. The van der Waals surface area contributed by atoms with Crippen molar-refractivity contribution in [2.45, 2.75) is 57.3 Å². The first-order chi connectivity index (χ1) is 11.3. The van der Waals surface area contributed by atoms with Crippen molar-refractivity contribution in [3.05, 3.63) is 29.8 Å². The van der Waals surface area contributed by atoms with E-state index in [0.717, 1.165) is 22.7 Å². The highest BCUT2D eigenvalue weighted by molar-refractivity contribution is 5.94. The van der Waals surface area contributed by atoms with Gasteiger partial charge >= 0.3 is 6.09 Å². The highest BCUT2D eigenvalue weighted by atomic mass is 16.6. The fraction of sp³-hybridized carbons (Fsp3) is 0.556. The molecule has 2 aliphatic rings. The van der Waals surface area contributed by atoms with E-state index in [9.17, 15) is 14.7 Å². The Morgan fingerprint density at radius 2 is 2.08 bits per heavy atom. The molecule has 1 fully saturated rings. The molecule has 3 rings (SSSR count). The van der Waals surface area contributed by atoms with Crippen LogP contribution in [0.5, 0.6) is 0 Å². The first-order valence-corrected chi connectivity index (χ1v) is 8.32. The van der Waals surface area contributed by atoms with Gasteiger partial charge < -0.3 is 15.2 Å². The number of amides is 2. The van der Waals surface area contributed by atoms with Crippen molar-refractivity contribution in [3.8, 4) is 0 Å². The van der Waals surface area contributed by atoms with Crippen molar-refractivity contribution in [2.75, 3.05) is 11.9 Å². The summed E-state index contributed by atoms with van der Waals surface area (Å²) in [5, 5.41) is 13.6. The lowest BCUT2D eigenvalue weighted by molar-refractivity contribution is -0.128. The number of fused-ring (bicyclic) bond motifs is 1. The SMILES string of the molecule is CC(C)(C)OC(=O)N1C(=O)C[C@@H](O)[C@H]1CC1CNc2ccccc21. The molecule has 2 heterocycles. The second-order valence-corrected chi connectivity index (χ2v) is 7.48. The summed E-state index contributed by atoms with van der Waals surface area (Å²) in [7, 11) is 0. The van der Waals surface area contributed by atoms with Gasteiger partial charge in [0.2, 0.25) is 5.91 Å². The van der Waals surface area contributed by atoms with Gasteiger partial charge in [0.25, 0.3) is 0 Å². The van der Waals surface area contributed by atoms with E-state index >= 15 is 0 Å². The average Bonchev–Trinajstić information content (AvgIpc) is 2.99. The van der Waals surface area contributed by atoms with Crippen molar-refractivity contribution in [1.82, 2.24) is 4.90 Å². The van der Waals surface area contributed by atoms with Gasteiger partial charge in [0.15, 0.2) is 0 Å². The number of aliphatic hydroxyl groups excluding tert-OH is 1. The maximum Gasteiger partial charge on any atom is 0.417 e. The number of rotatable bonds is 2. The van der Waals surface area contributed by atoms with E-state index in [1.165, 1.54) is 0 Å². The van der Waals surface area contributed by atoms with Gasteiger partial charge in [-0.2, -0.15) is 0 Å². The normalized spacial score (nSPS) is 26.2. The maximum absolute atomic E-state index is 12.4. The zero-order valence-electron chi connectivity index (χ0n) is 14.3. The van der Waals surface area contributed by atoms with E-state index in [-0.39, 0.29) is 18.2 Å². The molecule has 6 nitrogen and oxygen atoms in total. The van der Waals surface area contributed by atoms with Crippen LogP contribution in [-0.2, 0) is 9.53 Å². The molecular weight excluding hydrogens is 308 g/mol. The topological polar surface area (TPSA) is 78.9 Å². The van der Waals surface area contributed by atoms with Gasteiger partial charge in [0.05, 0.1) is 18.6 Å². The van der Waals surface area contributed by atoms with Crippen LogP contribution in [0.3, 0.4) is 0 Å². The number of para-hydroxylation sites is 1. The fourth-order valence-electron chi connectivity index (χ4n) is 3.44. The van der Waals surface area contributed by atoms with Gasteiger partial charge in [-0.15, -0.1) is 0 Å². The van der Waals surface area contributed by atoms with Crippen LogP contribution in [-0.4, -0.2) is 46.3 Å². The lowest BCUT2D eigenvalue weighted by Crippen LogP contribution is -2.45. The summed E-state index contributed by atoms with van der Waals surface area (Å²) < 4.78 is 5.34. The number of nitrogens with one attached hydrogen (secondary N) is 1. The number of nitrogens with zero attached hydrogens (tertiary/aromatic N) is 1. The predicted molar refractivity (Wildman–Crippen MR) is 89.8 cm³/mol. The lowest BCUT2D eigenvalue weighted by atomic mass is 9.92. The van der Waals surface area contributed by atoms with Crippen LogP contribution in [0.25, 0.3) is 0 Å². The van der Waals surface area contributed by atoms with Crippen LogP contribution in [0.15, 0.2) is 24.3 Å². The molecule has 0 bridgehead atoms. The van der Waals surface area contributed by atoms with Gasteiger partial charge in [-0.05, 0) is 38.8 Å². The number of aliphatic hydroxyl groups is 1. The third-order valence-corrected chi connectivity index (χ3v) is 4.48. The standard InChI is InChI=1S/C18H24N2O4/c1-18(2,3)24-17(23)20-14(15(21)9-16(20)22)8-11-10-19-13-7-5-4-6-12(11)13/h4-7,11,14-15,19,21H,8-10H2,1-3H3/t11?,14-,15-/m1/s1. The van der Waals surface area contributed by atoms with Gasteiger partial charge in [0, 0.05) is 18.2 Å². The Balaban J connectivity index is 1.78. The van der Waals surface area contributed by atoms with E-state index in [4.69, 9.17) is 4.74 Å². The molecule has 0 spiro atoms. The Morgan fingerprint density at radius 3 is 2.79 bits per heavy atom. The van der Waals surface area contributed by atoms with Crippen LogP contribution in [0.4, 0.5) is 10.5 Å². The molecule has 2 aliphatic heterocycles. The number of hydrogen-bond acceptors (Lipinski definition) is 5. The monoisotopic (exact) mass is 332 g/mol. The van der Waals surface area contributed by atoms with E-state index in [1.54, 1.807) is 20.8 Å². The number of carbonyl (C=O) groups excluding carboxylic acids is 2. The van der Waals surface area contributed by atoms with Crippen molar-refractivity contribution < 1.29 is 19.4 Å². The number of benzene rings is 1. The smallest absolute Gasteiger partial charge is 0.417 e. The molecule has 0 aliphatic carbocycles. The number of carbonyl (C=O) groups is 2. The molecular formula is C18H24N2O4. The second kappa shape index (κ2) is 6.09. The average molecular weight is 332 g/mol. The Kier molecular flexibility index (Phi) is 4.25. The van der Waals surface area contributed by atoms with E-state index in [0.29, 0.717) is 6.42 Å². The third kappa shape index (κ3) is 3.24. The van der Waals surface area contributed by atoms with Gasteiger partial charge in [-0.3, -0.25) is 4.79 Å². The molecule has 1 aromatic rings. The quantitative estimate of drug-likeness (QED) is 0.870. The Labute approximate surface area is 141 Å². The summed E-state index contributed by atoms with van der Waals surface area (Å²) in [5.41, 5.74) is 1.55. The van der Waals surface area contributed by atoms with E-state index < -0.39 is 23.8 Å².